The van der Waals surface area contributed by atoms with E-state index in [9.17, 15) is 14.4 Å². The smallest absolute Gasteiger partial charge is 0.407 e. The van der Waals surface area contributed by atoms with Crippen LogP contribution in [0.2, 0.25) is 5.02 Å². The summed E-state index contributed by atoms with van der Waals surface area (Å²) in [5, 5.41) is 5.00. The second-order valence-electron chi connectivity index (χ2n) is 3.81. The van der Waals surface area contributed by atoms with Crippen molar-refractivity contribution >= 4 is 35.3 Å². The van der Waals surface area contributed by atoms with Crippen LogP contribution in [0.25, 0.3) is 0 Å². The Hall–Kier alpha value is -2.28. The minimum Gasteiger partial charge on any atom is -0.465 e. The van der Waals surface area contributed by atoms with Gasteiger partial charge in [0, 0.05) is 0 Å². The lowest BCUT2D eigenvalue weighted by molar-refractivity contribution is -0.115. The fourth-order valence-corrected chi connectivity index (χ4v) is 1.56. The minimum atomic E-state index is -0.693. The molecule has 0 aliphatic heterocycles. The summed E-state index contributed by atoms with van der Waals surface area (Å²) < 4.78 is 9.19. The van der Waals surface area contributed by atoms with Crippen LogP contribution in [0, 0.1) is 0 Å². The molecule has 2 amide bonds. The molecule has 1 aromatic rings. The predicted octanol–water partition coefficient (Wildman–Crippen LogP) is 1.81. The van der Waals surface area contributed by atoms with E-state index < -0.39 is 18.0 Å². The van der Waals surface area contributed by atoms with Gasteiger partial charge in [0.15, 0.2) is 0 Å². The number of hydrogen-bond acceptors (Lipinski definition) is 5. The standard InChI is InChI=1S/C13H15ClN2O5/c1-3-21-13(19)15-7-11(17)16-10-6-8(12(18)20-2)4-5-9(10)14/h4-6H,3,7H2,1-2H3,(H,15,19)(H,16,17). The van der Waals surface area contributed by atoms with E-state index in [4.69, 9.17) is 11.6 Å². The number of nitrogens with one attached hydrogen (secondary N) is 2. The van der Waals surface area contributed by atoms with Crippen LogP contribution < -0.4 is 10.6 Å². The second kappa shape index (κ2) is 8.11. The molecular formula is C13H15ClN2O5. The van der Waals surface area contributed by atoms with Crippen molar-refractivity contribution in [3.63, 3.8) is 0 Å². The minimum absolute atomic E-state index is 0.209. The summed E-state index contributed by atoms with van der Waals surface area (Å²) in [5.74, 6) is -1.06. The number of ether oxygens (including phenoxy) is 2. The van der Waals surface area contributed by atoms with Gasteiger partial charge in [-0.25, -0.2) is 9.59 Å². The van der Waals surface area contributed by atoms with Crippen LogP contribution in [0.15, 0.2) is 18.2 Å². The molecule has 0 aliphatic rings. The first kappa shape index (κ1) is 16.8. The molecule has 0 saturated heterocycles. The fraction of sp³-hybridized carbons (Fsp3) is 0.308. The Morgan fingerprint density at radius 1 is 1.29 bits per heavy atom. The van der Waals surface area contributed by atoms with Crippen molar-refractivity contribution < 1.29 is 23.9 Å². The number of carbonyl (C=O) groups is 3. The normalized spacial score (nSPS) is 9.67. The maximum atomic E-state index is 11.7. The number of alkyl carbamates (subject to hydrolysis) is 1. The van der Waals surface area contributed by atoms with E-state index >= 15 is 0 Å². The van der Waals surface area contributed by atoms with Gasteiger partial charge in [0.2, 0.25) is 5.91 Å². The van der Waals surface area contributed by atoms with Gasteiger partial charge in [0.1, 0.15) is 6.54 Å². The molecule has 2 N–H and O–H groups in total. The number of benzene rings is 1. The molecule has 21 heavy (non-hydrogen) atoms. The summed E-state index contributed by atoms with van der Waals surface area (Å²) in [7, 11) is 1.25. The topological polar surface area (TPSA) is 93.7 Å². The lowest BCUT2D eigenvalue weighted by Gasteiger charge is -2.09. The van der Waals surface area contributed by atoms with Gasteiger partial charge in [-0.1, -0.05) is 11.6 Å². The summed E-state index contributed by atoms with van der Waals surface area (Å²) in [5.41, 5.74) is 0.491. The van der Waals surface area contributed by atoms with Crippen LogP contribution in [0.1, 0.15) is 17.3 Å². The number of halogens is 1. The average Bonchev–Trinajstić information content (AvgIpc) is 2.47. The Balaban J connectivity index is 2.67. The summed E-state index contributed by atoms with van der Waals surface area (Å²) in [6.45, 7) is 1.58. The van der Waals surface area contributed by atoms with E-state index in [1.54, 1.807) is 6.92 Å². The molecule has 0 spiro atoms. The molecular weight excluding hydrogens is 300 g/mol. The van der Waals surface area contributed by atoms with Gasteiger partial charge >= 0.3 is 12.1 Å². The highest BCUT2D eigenvalue weighted by Gasteiger charge is 2.12. The third-order valence-corrected chi connectivity index (χ3v) is 2.66. The molecule has 1 rings (SSSR count). The van der Waals surface area contributed by atoms with Crippen molar-refractivity contribution in [3.05, 3.63) is 28.8 Å². The van der Waals surface area contributed by atoms with Gasteiger partial charge in [-0.3, -0.25) is 4.79 Å². The summed E-state index contributed by atoms with van der Waals surface area (Å²) in [6, 6.07) is 4.32. The number of esters is 1. The molecule has 0 radical (unpaired) electrons. The zero-order valence-corrected chi connectivity index (χ0v) is 12.3. The number of amides is 2. The van der Waals surface area contributed by atoms with E-state index in [1.807, 2.05) is 0 Å². The van der Waals surface area contributed by atoms with Crippen molar-refractivity contribution in [1.82, 2.24) is 5.32 Å². The number of methoxy groups -OCH3 is 1. The SMILES string of the molecule is CCOC(=O)NCC(=O)Nc1cc(C(=O)OC)ccc1Cl. The number of rotatable bonds is 5. The lowest BCUT2D eigenvalue weighted by Crippen LogP contribution is -2.33. The third-order valence-electron chi connectivity index (χ3n) is 2.33. The summed E-state index contributed by atoms with van der Waals surface area (Å²) in [4.78, 5) is 34.1. The number of carbonyl (C=O) groups excluding carboxylic acids is 3. The van der Waals surface area contributed by atoms with E-state index in [2.05, 4.69) is 20.1 Å². The summed E-state index contributed by atoms with van der Waals surface area (Å²) >= 11 is 5.92. The largest absolute Gasteiger partial charge is 0.465 e. The van der Waals surface area contributed by atoms with Gasteiger partial charge in [0.05, 0.1) is 30.0 Å². The number of hydrogen-bond donors (Lipinski definition) is 2. The van der Waals surface area contributed by atoms with Gasteiger partial charge in [-0.2, -0.15) is 0 Å². The van der Waals surface area contributed by atoms with Crippen molar-refractivity contribution in [2.45, 2.75) is 6.92 Å². The Kier molecular flexibility index (Phi) is 6.48. The Morgan fingerprint density at radius 3 is 2.62 bits per heavy atom. The molecule has 8 heteroatoms. The van der Waals surface area contributed by atoms with Crippen LogP contribution in [0.4, 0.5) is 10.5 Å². The second-order valence-corrected chi connectivity index (χ2v) is 4.22. The highest BCUT2D eigenvalue weighted by Crippen LogP contribution is 2.23. The van der Waals surface area contributed by atoms with Crippen LogP contribution in [0.5, 0.6) is 0 Å². The third kappa shape index (κ3) is 5.31. The highest BCUT2D eigenvalue weighted by molar-refractivity contribution is 6.33. The molecule has 0 bridgehead atoms. The average molecular weight is 315 g/mol. The molecule has 0 fully saturated rings. The van der Waals surface area contributed by atoms with Crippen molar-refractivity contribution in [1.29, 1.82) is 0 Å². The Bertz CT molecular complexity index is 547. The van der Waals surface area contributed by atoms with Crippen LogP contribution in [-0.4, -0.2) is 38.2 Å². The Labute approximate surface area is 126 Å². The highest BCUT2D eigenvalue weighted by atomic mass is 35.5. The van der Waals surface area contributed by atoms with E-state index in [1.165, 1.54) is 25.3 Å². The molecule has 0 aromatic heterocycles. The molecule has 0 heterocycles. The van der Waals surface area contributed by atoms with E-state index in [0.29, 0.717) is 0 Å². The zero-order chi connectivity index (χ0) is 15.8. The molecule has 114 valence electrons. The van der Waals surface area contributed by atoms with Crippen molar-refractivity contribution in [2.75, 3.05) is 25.6 Å². The van der Waals surface area contributed by atoms with Gasteiger partial charge < -0.3 is 20.1 Å². The van der Waals surface area contributed by atoms with Crippen molar-refractivity contribution in [2.24, 2.45) is 0 Å². The zero-order valence-electron chi connectivity index (χ0n) is 11.6. The first-order valence-electron chi connectivity index (χ1n) is 6.06. The van der Waals surface area contributed by atoms with Gasteiger partial charge in [0.25, 0.3) is 0 Å². The van der Waals surface area contributed by atoms with Crippen LogP contribution in [-0.2, 0) is 14.3 Å². The van der Waals surface area contributed by atoms with Crippen LogP contribution in [0.3, 0.4) is 0 Å². The number of anilines is 1. The maximum Gasteiger partial charge on any atom is 0.407 e. The van der Waals surface area contributed by atoms with Crippen LogP contribution >= 0.6 is 11.6 Å². The van der Waals surface area contributed by atoms with E-state index in [-0.39, 0.29) is 29.4 Å². The lowest BCUT2D eigenvalue weighted by atomic mass is 10.2. The maximum absolute atomic E-state index is 11.7. The van der Waals surface area contributed by atoms with Crippen molar-refractivity contribution in [3.8, 4) is 0 Å². The quantitative estimate of drug-likeness (QED) is 0.808. The van der Waals surface area contributed by atoms with Gasteiger partial charge in [-0.05, 0) is 25.1 Å². The molecule has 7 nitrogen and oxygen atoms in total. The summed E-state index contributed by atoms with van der Waals surface area (Å²) in [6.07, 6.45) is -0.693. The molecule has 0 saturated carbocycles. The fourth-order valence-electron chi connectivity index (χ4n) is 1.39. The molecule has 0 aliphatic carbocycles. The molecule has 1 aromatic carbocycles. The van der Waals surface area contributed by atoms with Gasteiger partial charge in [-0.15, -0.1) is 0 Å². The Morgan fingerprint density at radius 2 is 2.00 bits per heavy atom. The van der Waals surface area contributed by atoms with E-state index in [0.717, 1.165) is 0 Å². The first-order valence-corrected chi connectivity index (χ1v) is 6.44. The first-order chi connectivity index (χ1) is 9.97. The monoisotopic (exact) mass is 314 g/mol. The molecule has 0 unspecified atom stereocenters. The predicted molar refractivity (Wildman–Crippen MR) is 76.4 cm³/mol. The molecule has 0 atom stereocenters.